The van der Waals surface area contributed by atoms with Crippen molar-refractivity contribution in [2.75, 3.05) is 38.5 Å². The number of hydrogen-bond donors (Lipinski definition) is 1. The molecule has 116 valence electrons. The molecule has 3 nitrogen and oxygen atoms in total. The second kappa shape index (κ2) is 8.79. The van der Waals surface area contributed by atoms with Crippen LogP contribution in [0.1, 0.15) is 30.1 Å². The maximum Gasteiger partial charge on any atom is 0.165 e. The summed E-state index contributed by atoms with van der Waals surface area (Å²) in [5, 5.41) is 3.97. The van der Waals surface area contributed by atoms with Gasteiger partial charge in [-0.2, -0.15) is 0 Å². The molecular formula is C16H23ClN2OS. The maximum atomic E-state index is 12.5. The maximum absolute atomic E-state index is 12.5. The lowest BCUT2D eigenvalue weighted by Crippen LogP contribution is -2.44. The average molecular weight is 327 g/mol. The van der Waals surface area contributed by atoms with Crippen molar-refractivity contribution in [1.29, 1.82) is 0 Å². The third-order valence-corrected chi connectivity index (χ3v) is 5.08. The monoisotopic (exact) mass is 326 g/mol. The highest BCUT2D eigenvalue weighted by atomic mass is 35.5. The van der Waals surface area contributed by atoms with Crippen LogP contribution in [-0.4, -0.2) is 49.2 Å². The van der Waals surface area contributed by atoms with Crippen LogP contribution in [0.4, 0.5) is 0 Å². The van der Waals surface area contributed by atoms with Gasteiger partial charge in [0, 0.05) is 54.6 Å². The summed E-state index contributed by atoms with van der Waals surface area (Å²) in [6.07, 6.45) is 1.67. The van der Waals surface area contributed by atoms with Gasteiger partial charge in [-0.1, -0.05) is 18.5 Å². The molecule has 2 rings (SSSR count). The van der Waals surface area contributed by atoms with E-state index < -0.39 is 0 Å². The topological polar surface area (TPSA) is 32.3 Å². The van der Waals surface area contributed by atoms with Crippen molar-refractivity contribution in [3.63, 3.8) is 0 Å². The van der Waals surface area contributed by atoms with Crippen LogP contribution in [0.5, 0.6) is 0 Å². The van der Waals surface area contributed by atoms with Crippen molar-refractivity contribution >= 4 is 29.1 Å². The fourth-order valence-electron chi connectivity index (χ4n) is 2.39. The summed E-state index contributed by atoms with van der Waals surface area (Å²) in [5.74, 6) is 1.23. The molecule has 0 amide bonds. The first-order chi connectivity index (χ1) is 10.2. The van der Waals surface area contributed by atoms with Crippen molar-refractivity contribution in [1.82, 2.24) is 10.2 Å². The van der Waals surface area contributed by atoms with Gasteiger partial charge >= 0.3 is 0 Å². The third-order valence-electron chi connectivity index (χ3n) is 3.57. The van der Waals surface area contributed by atoms with Gasteiger partial charge in [-0.05, 0) is 30.4 Å². The Morgan fingerprint density at radius 2 is 2.14 bits per heavy atom. The number of nitrogens with zero attached hydrogens (tertiary/aromatic N) is 1. The molecule has 0 aromatic heterocycles. The summed E-state index contributed by atoms with van der Waals surface area (Å²) in [7, 11) is 0. The molecule has 0 radical (unpaired) electrons. The molecule has 1 aliphatic rings. The summed E-state index contributed by atoms with van der Waals surface area (Å²) in [6.45, 7) is 7.08. The molecular weight excluding hydrogens is 304 g/mol. The molecule has 1 aromatic carbocycles. The summed E-state index contributed by atoms with van der Waals surface area (Å²) < 4.78 is 0. The minimum Gasteiger partial charge on any atom is -0.314 e. The van der Waals surface area contributed by atoms with E-state index in [0.717, 1.165) is 55.4 Å². The SMILES string of the molecule is CCCSc1ccc(Cl)cc1C(=O)CCN1CCNCC1. The molecule has 0 aliphatic carbocycles. The lowest BCUT2D eigenvalue weighted by Gasteiger charge is -2.26. The Hall–Kier alpha value is -0.550. The van der Waals surface area contributed by atoms with Crippen LogP contribution in [0.3, 0.4) is 0 Å². The molecule has 0 bridgehead atoms. The molecule has 0 spiro atoms. The number of benzene rings is 1. The van der Waals surface area contributed by atoms with Gasteiger partial charge in [-0.15, -0.1) is 11.8 Å². The van der Waals surface area contributed by atoms with Crippen molar-refractivity contribution in [3.8, 4) is 0 Å². The lowest BCUT2D eigenvalue weighted by atomic mass is 10.1. The molecule has 1 N–H and O–H groups in total. The second-order valence-electron chi connectivity index (χ2n) is 5.25. The van der Waals surface area contributed by atoms with Gasteiger partial charge < -0.3 is 10.2 Å². The minimum absolute atomic E-state index is 0.203. The fraction of sp³-hybridized carbons (Fsp3) is 0.562. The Labute approximate surface area is 136 Å². The third kappa shape index (κ3) is 5.29. The summed E-state index contributed by atoms with van der Waals surface area (Å²) in [5.41, 5.74) is 0.788. The molecule has 21 heavy (non-hydrogen) atoms. The van der Waals surface area contributed by atoms with Crippen LogP contribution in [0.25, 0.3) is 0 Å². The van der Waals surface area contributed by atoms with Crippen LogP contribution in [0.15, 0.2) is 23.1 Å². The number of carbonyl (C=O) groups is 1. The van der Waals surface area contributed by atoms with Gasteiger partial charge in [0.15, 0.2) is 5.78 Å². The fourth-order valence-corrected chi connectivity index (χ4v) is 3.48. The van der Waals surface area contributed by atoms with Crippen molar-refractivity contribution in [2.45, 2.75) is 24.7 Å². The first-order valence-electron chi connectivity index (χ1n) is 7.59. The predicted octanol–water partition coefficient (Wildman–Crippen LogP) is 3.32. The summed E-state index contributed by atoms with van der Waals surface area (Å²) >= 11 is 7.81. The zero-order valence-corrected chi connectivity index (χ0v) is 14.1. The standard InChI is InChI=1S/C16H23ClN2OS/c1-2-11-21-16-4-3-13(17)12-14(16)15(20)5-8-19-9-6-18-7-10-19/h3-4,12,18H,2,5-11H2,1H3. The molecule has 0 saturated carbocycles. The molecule has 1 heterocycles. The van der Waals surface area contributed by atoms with E-state index in [0.29, 0.717) is 11.4 Å². The lowest BCUT2D eigenvalue weighted by molar-refractivity contribution is 0.0958. The number of piperazine rings is 1. The normalized spacial score (nSPS) is 16.1. The first-order valence-corrected chi connectivity index (χ1v) is 8.95. The number of Topliss-reactive ketones (excluding diaryl/α,β-unsaturated/α-hetero) is 1. The van der Waals surface area contributed by atoms with E-state index in [-0.39, 0.29) is 5.78 Å². The van der Waals surface area contributed by atoms with Crippen LogP contribution < -0.4 is 5.32 Å². The number of nitrogens with one attached hydrogen (secondary N) is 1. The van der Waals surface area contributed by atoms with Gasteiger partial charge in [0.05, 0.1) is 0 Å². The highest BCUT2D eigenvalue weighted by molar-refractivity contribution is 7.99. The molecule has 0 unspecified atom stereocenters. The molecule has 0 atom stereocenters. The Kier molecular flexibility index (Phi) is 7.04. The number of ketones is 1. The van der Waals surface area contributed by atoms with Gasteiger partial charge in [-0.25, -0.2) is 0 Å². The zero-order chi connectivity index (χ0) is 15.1. The quantitative estimate of drug-likeness (QED) is 0.615. The van der Waals surface area contributed by atoms with Gasteiger partial charge in [-0.3, -0.25) is 4.79 Å². The number of hydrogen-bond acceptors (Lipinski definition) is 4. The van der Waals surface area contributed by atoms with Crippen LogP contribution in [0, 0.1) is 0 Å². The molecule has 1 aliphatic heterocycles. The highest BCUT2D eigenvalue weighted by Crippen LogP contribution is 2.27. The number of thioether (sulfide) groups is 1. The minimum atomic E-state index is 0.203. The number of carbonyl (C=O) groups excluding carboxylic acids is 1. The van der Waals surface area contributed by atoms with Crippen LogP contribution in [0.2, 0.25) is 5.02 Å². The van der Waals surface area contributed by atoms with Crippen molar-refractivity contribution in [3.05, 3.63) is 28.8 Å². The zero-order valence-electron chi connectivity index (χ0n) is 12.5. The highest BCUT2D eigenvalue weighted by Gasteiger charge is 2.15. The number of rotatable bonds is 7. The summed E-state index contributed by atoms with van der Waals surface area (Å²) in [6, 6.07) is 5.66. The van der Waals surface area contributed by atoms with E-state index in [1.165, 1.54) is 0 Å². The Bertz CT molecular complexity index is 475. The largest absolute Gasteiger partial charge is 0.314 e. The van der Waals surface area contributed by atoms with Gasteiger partial charge in [0.2, 0.25) is 0 Å². The van der Waals surface area contributed by atoms with Crippen molar-refractivity contribution in [2.24, 2.45) is 0 Å². The van der Waals surface area contributed by atoms with Crippen molar-refractivity contribution < 1.29 is 4.79 Å². The number of halogens is 1. The molecule has 5 heteroatoms. The second-order valence-corrected chi connectivity index (χ2v) is 6.83. The van der Waals surface area contributed by atoms with E-state index in [1.807, 2.05) is 18.2 Å². The van der Waals surface area contributed by atoms with Crippen LogP contribution >= 0.6 is 23.4 Å². The van der Waals surface area contributed by atoms with E-state index in [9.17, 15) is 4.79 Å². The Balaban J connectivity index is 1.97. The van der Waals surface area contributed by atoms with E-state index in [4.69, 9.17) is 11.6 Å². The average Bonchev–Trinajstić information content (AvgIpc) is 2.52. The van der Waals surface area contributed by atoms with Gasteiger partial charge in [0.1, 0.15) is 0 Å². The summed E-state index contributed by atoms with van der Waals surface area (Å²) in [4.78, 5) is 15.9. The molecule has 1 fully saturated rings. The Morgan fingerprint density at radius 3 is 2.86 bits per heavy atom. The van der Waals surface area contributed by atoms with E-state index >= 15 is 0 Å². The van der Waals surface area contributed by atoms with Crippen LogP contribution in [-0.2, 0) is 0 Å². The molecule has 1 aromatic rings. The van der Waals surface area contributed by atoms with E-state index in [2.05, 4.69) is 17.1 Å². The first kappa shape index (κ1) is 16.8. The van der Waals surface area contributed by atoms with Gasteiger partial charge in [0.25, 0.3) is 0 Å². The van der Waals surface area contributed by atoms with E-state index in [1.54, 1.807) is 11.8 Å². The smallest absolute Gasteiger partial charge is 0.165 e. The molecule has 1 saturated heterocycles. The Morgan fingerprint density at radius 1 is 1.38 bits per heavy atom. The predicted molar refractivity (Wildman–Crippen MR) is 90.7 cm³/mol.